The Hall–Kier alpha value is -2.69. The summed E-state index contributed by atoms with van der Waals surface area (Å²) in [6, 6.07) is 7.96. The fraction of sp³-hybridized carbons (Fsp3) is 0.133. The number of nitrogens with zero attached hydrogens (tertiary/aromatic N) is 2. The minimum Gasteiger partial charge on any atom is -0.481 e. The Morgan fingerprint density at radius 1 is 1.35 bits per heavy atom. The normalized spacial score (nSPS) is 10.8. The lowest BCUT2D eigenvalue weighted by Gasteiger charge is -2.05. The highest BCUT2D eigenvalue weighted by Crippen LogP contribution is 2.28. The zero-order chi connectivity index (χ0) is 14.1. The quantitative estimate of drug-likeness (QED) is 0.764. The van der Waals surface area contributed by atoms with Gasteiger partial charge in [-0.2, -0.15) is 0 Å². The van der Waals surface area contributed by atoms with Gasteiger partial charge in [0.25, 0.3) is 0 Å². The highest BCUT2D eigenvalue weighted by atomic mass is 16.4. The average molecular weight is 267 g/mol. The summed E-state index contributed by atoms with van der Waals surface area (Å²) in [6.45, 7) is 2.01. The van der Waals surface area contributed by atoms with Crippen LogP contribution in [0, 0.1) is 6.92 Å². The summed E-state index contributed by atoms with van der Waals surface area (Å²) in [5.41, 5.74) is 4.21. The van der Waals surface area contributed by atoms with Gasteiger partial charge in [0.15, 0.2) is 0 Å². The van der Waals surface area contributed by atoms with Crippen molar-refractivity contribution >= 4 is 17.0 Å². The first kappa shape index (κ1) is 12.3. The highest BCUT2D eigenvalue weighted by molar-refractivity contribution is 5.95. The summed E-state index contributed by atoms with van der Waals surface area (Å²) < 4.78 is 0. The van der Waals surface area contributed by atoms with E-state index in [1.54, 1.807) is 6.20 Å². The Morgan fingerprint density at radius 2 is 2.20 bits per heavy atom. The summed E-state index contributed by atoms with van der Waals surface area (Å²) in [5.74, 6) is -0.870. The van der Waals surface area contributed by atoms with E-state index in [4.69, 9.17) is 5.11 Å². The SMILES string of the molecule is Cc1cccc(-c2ncnc3[nH]cc(CC(=O)O)c23)c1. The van der Waals surface area contributed by atoms with Gasteiger partial charge in [0.1, 0.15) is 12.0 Å². The Bertz CT molecular complexity index is 793. The van der Waals surface area contributed by atoms with Crippen molar-refractivity contribution in [3.8, 4) is 11.3 Å². The summed E-state index contributed by atoms with van der Waals surface area (Å²) in [4.78, 5) is 22.5. The average Bonchev–Trinajstić information content (AvgIpc) is 2.81. The van der Waals surface area contributed by atoms with Crippen molar-refractivity contribution in [3.63, 3.8) is 0 Å². The molecule has 0 amide bonds. The molecule has 0 fully saturated rings. The minimum absolute atomic E-state index is 0.0494. The molecule has 5 nitrogen and oxygen atoms in total. The first-order chi connectivity index (χ1) is 9.65. The van der Waals surface area contributed by atoms with Crippen molar-refractivity contribution in [1.29, 1.82) is 0 Å². The summed E-state index contributed by atoms with van der Waals surface area (Å²) >= 11 is 0. The third-order valence-corrected chi connectivity index (χ3v) is 3.18. The number of H-pyrrole nitrogens is 1. The zero-order valence-electron chi connectivity index (χ0n) is 10.9. The number of carbonyl (C=O) groups is 1. The van der Waals surface area contributed by atoms with Gasteiger partial charge in [-0.3, -0.25) is 4.79 Å². The number of benzene rings is 1. The van der Waals surface area contributed by atoms with Gasteiger partial charge in [0, 0.05) is 17.1 Å². The molecule has 100 valence electrons. The van der Waals surface area contributed by atoms with E-state index < -0.39 is 5.97 Å². The molecule has 0 spiro atoms. The van der Waals surface area contributed by atoms with Crippen molar-refractivity contribution in [2.24, 2.45) is 0 Å². The number of aryl methyl sites for hydroxylation is 1. The van der Waals surface area contributed by atoms with Crippen molar-refractivity contribution in [1.82, 2.24) is 15.0 Å². The Kier molecular flexibility index (Phi) is 2.95. The Labute approximate surface area is 115 Å². The lowest BCUT2D eigenvalue weighted by atomic mass is 10.0. The maximum absolute atomic E-state index is 11.0. The summed E-state index contributed by atoms with van der Waals surface area (Å²) in [6.07, 6.45) is 3.12. The molecule has 0 bridgehead atoms. The second-order valence-electron chi connectivity index (χ2n) is 4.70. The lowest BCUT2D eigenvalue weighted by molar-refractivity contribution is -0.136. The van der Waals surface area contributed by atoms with E-state index in [-0.39, 0.29) is 6.42 Å². The van der Waals surface area contributed by atoms with Crippen LogP contribution in [0.4, 0.5) is 0 Å². The van der Waals surface area contributed by atoms with Crippen molar-refractivity contribution in [2.45, 2.75) is 13.3 Å². The number of aliphatic carboxylic acids is 1. The Morgan fingerprint density at radius 3 is 2.95 bits per heavy atom. The molecule has 2 heterocycles. The molecule has 0 aliphatic heterocycles. The number of carboxylic acid groups (broad SMARTS) is 1. The van der Waals surface area contributed by atoms with Crippen molar-refractivity contribution in [3.05, 3.63) is 47.9 Å². The van der Waals surface area contributed by atoms with E-state index >= 15 is 0 Å². The van der Waals surface area contributed by atoms with Crippen LogP contribution in [0.5, 0.6) is 0 Å². The number of fused-ring (bicyclic) bond motifs is 1. The predicted molar refractivity (Wildman–Crippen MR) is 75.4 cm³/mol. The molecule has 3 rings (SSSR count). The number of carboxylic acids is 1. The first-order valence-electron chi connectivity index (χ1n) is 6.25. The maximum Gasteiger partial charge on any atom is 0.307 e. The van der Waals surface area contributed by atoms with Gasteiger partial charge in [-0.25, -0.2) is 9.97 Å². The van der Waals surface area contributed by atoms with Crippen LogP contribution in [0.15, 0.2) is 36.8 Å². The molecule has 0 aliphatic carbocycles. The number of rotatable bonds is 3. The van der Waals surface area contributed by atoms with Gasteiger partial charge in [-0.05, 0) is 18.6 Å². The molecule has 1 aromatic carbocycles. The standard InChI is InChI=1S/C15H13N3O2/c1-9-3-2-4-10(5-9)14-13-11(6-12(19)20)7-16-15(13)18-8-17-14/h2-5,7-8H,6H2,1H3,(H,19,20)(H,16,17,18). The van der Waals surface area contributed by atoms with Crippen LogP contribution in [0.25, 0.3) is 22.3 Å². The number of hydrogen-bond acceptors (Lipinski definition) is 3. The molecule has 0 radical (unpaired) electrons. The molecule has 0 saturated carbocycles. The predicted octanol–water partition coefficient (Wildman–Crippen LogP) is 2.56. The third-order valence-electron chi connectivity index (χ3n) is 3.18. The van der Waals surface area contributed by atoms with E-state index in [1.165, 1.54) is 6.33 Å². The van der Waals surface area contributed by atoms with Gasteiger partial charge in [-0.15, -0.1) is 0 Å². The smallest absolute Gasteiger partial charge is 0.307 e. The maximum atomic E-state index is 11.0. The van der Waals surface area contributed by atoms with Crippen LogP contribution in [-0.2, 0) is 11.2 Å². The molecular weight excluding hydrogens is 254 g/mol. The zero-order valence-corrected chi connectivity index (χ0v) is 10.9. The van der Waals surface area contributed by atoms with Gasteiger partial charge in [-0.1, -0.05) is 23.8 Å². The monoisotopic (exact) mass is 267 g/mol. The summed E-state index contributed by atoms with van der Waals surface area (Å²) in [7, 11) is 0. The highest BCUT2D eigenvalue weighted by Gasteiger charge is 2.14. The van der Waals surface area contributed by atoms with Crippen LogP contribution >= 0.6 is 0 Å². The number of nitrogens with one attached hydrogen (secondary N) is 1. The number of aromatic nitrogens is 3. The van der Waals surface area contributed by atoms with Gasteiger partial charge >= 0.3 is 5.97 Å². The van der Waals surface area contributed by atoms with E-state index in [9.17, 15) is 4.79 Å². The van der Waals surface area contributed by atoms with E-state index in [2.05, 4.69) is 15.0 Å². The molecule has 3 aromatic rings. The molecule has 2 N–H and O–H groups in total. The summed E-state index contributed by atoms with van der Waals surface area (Å²) in [5, 5.41) is 9.77. The van der Waals surface area contributed by atoms with E-state index in [0.717, 1.165) is 22.2 Å². The van der Waals surface area contributed by atoms with Gasteiger partial charge < -0.3 is 10.1 Å². The fourth-order valence-electron chi connectivity index (χ4n) is 2.34. The number of aromatic amines is 1. The van der Waals surface area contributed by atoms with E-state index in [1.807, 2.05) is 31.2 Å². The lowest BCUT2D eigenvalue weighted by Crippen LogP contribution is -2.00. The molecule has 0 aliphatic rings. The number of hydrogen-bond donors (Lipinski definition) is 2. The molecule has 2 aromatic heterocycles. The van der Waals surface area contributed by atoms with Crippen LogP contribution in [0.1, 0.15) is 11.1 Å². The molecule has 20 heavy (non-hydrogen) atoms. The largest absolute Gasteiger partial charge is 0.481 e. The van der Waals surface area contributed by atoms with Crippen LogP contribution < -0.4 is 0 Å². The van der Waals surface area contributed by atoms with E-state index in [0.29, 0.717) is 11.2 Å². The molecule has 0 saturated heterocycles. The molecule has 0 atom stereocenters. The molecular formula is C15H13N3O2. The fourth-order valence-corrected chi connectivity index (χ4v) is 2.34. The molecule has 0 unspecified atom stereocenters. The Balaban J connectivity index is 2.24. The van der Waals surface area contributed by atoms with Crippen molar-refractivity contribution < 1.29 is 9.90 Å². The van der Waals surface area contributed by atoms with Crippen LogP contribution in [0.3, 0.4) is 0 Å². The van der Waals surface area contributed by atoms with Crippen LogP contribution in [0.2, 0.25) is 0 Å². The first-order valence-corrected chi connectivity index (χ1v) is 6.25. The minimum atomic E-state index is -0.870. The third kappa shape index (κ3) is 2.14. The second kappa shape index (κ2) is 4.77. The second-order valence-corrected chi connectivity index (χ2v) is 4.70. The topological polar surface area (TPSA) is 78.9 Å². The molecule has 5 heteroatoms. The van der Waals surface area contributed by atoms with Crippen molar-refractivity contribution in [2.75, 3.05) is 0 Å². The van der Waals surface area contributed by atoms with Gasteiger partial charge in [0.05, 0.1) is 12.1 Å². The van der Waals surface area contributed by atoms with Crippen LogP contribution in [-0.4, -0.2) is 26.0 Å². The van der Waals surface area contributed by atoms with Gasteiger partial charge in [0.2, 0.25) is 0 Å².